The van der Waals surface area contributed by atoms with E-state index >= 15 is 0 Å². The predicted octanol–water partition coefficient (Wildman–Crippen LogP) is 2.59. The molecule has 0 atom stereocenters. The van der Waals surface area contributed by atoms with E-state index in [4.69, 9.17) is 0 Å². The zero-order valence-corrected chi connectivity index (χ0v) is 17.6. The number of halogens is 1. The van der Waals surface area contributed by atoms with Gasteiger partial charge >= 0.3 is 0 Å². The molecule has 24 heavy (non-hydrogen) atoms. The lowest BCUT2D eigenvalue weighted by Crippen LogP contribution is -3.00. The fourth-order valence-electron chi connectivity index (χ4n) is 2.75. The highest BCUT2D eigenvalue weighted by Crippen LogP contribution is 2.56. The average molecular weight is 403 g/mol. The first-order valence-corrected chi connectivity index (χ1v) is 10.5. The number of hydrogen-bond donors (Lipinski definition) is 0. The van der Waals surface area contributed by atoms with Crippen LogP contribution in [-0.2, 0) is 0 Å². The summed E-state index contributed by atoms with van der Waals surface area (Å²) in [7, 11) is -1.46. The van der Waals surface area contributed by atoms with Crippen LogP contribution in [0, 0.1) is 0 Å². The summed E-state index contributed by atoms with van der Waals surface area (Å²) in [6.07, 6.45) is 7.11. The molecule has 0 nitrogen and oxygen atoms in total. The van der Waals surface area contributed by atoms with Crippen LogP contribution >= 0.6 is 7.26 Å². The molecule has 0 bridgehead atoms. The third-order valence-corrected chi connectivity index (χ3v) is 8.31. The first-order valence-electron chi connectivity index (χ1n) is 8.29. The Morgan fingerprint density at radius 2 is 1.00 bits per heavy atom. The van der Waals surface area contributed by atoms with Gasteiger partial charge in [-0.3, -0.25) is 0 Å². The van der Waals surface area contributed by atoms with Gasteiger partial charge in [0.2, 0.25) is 0 Å². The summed E-state index contributed by atoms with van der Waals surface area (Å²) < 4.78 is 0. The Morgan fingerprint density at radius 3 is 1.29 bits per heavy atom. The summed E-state index contributed by atoms with van der Waals surface area (Å²) in [5.41, 5.74) is 2.80. The minimum Gasteiger partial charge on any atom is -1.00 e. The monoisotopic (exact) mass is 402 g/mol. The fourth-order valence-corrected chi connectivity index (χ4v) is 6.88. The molecule has 0 spiro atoms. The largest absolute Gasteiger partial charge is 1.00 e. The van der Waals surface area contributed by atoms with E-state index < -0.39 is 7.26 Å². The Kier molecular flexibility index (Phi) is 8.67. The standard InChI is InChI=1S/C22H28P.BrH/c1-19(2)15-17-23(18-16-20(3)4,21-11-7-5-8-12-21)22-13-9-6-10-14-22;/h5-16H,17-18H2,1-4H3;1H/q+1;/p-1. The molecule has 0 saturated heterocycles. The van der Waals surface area contributed by atoms with Crippen molar-refractivity contribution in [3.8, 4) is 0 Å². The van der Waals surface area contributed by atoms with Crippen LogP contribution in [0.25, 0.3) is 0 Å². The molecule has 0 saturated carbocycles. The van der Waals surface area contributed by atoms with Crippen molar-refractivity contribution in [2.45, 2.75) is 27.7 Å². The highest BCUT2D eigenvalue weighted by molar-refractivity contribution is 7.89. The zero-order valence-electron chi connectivity index (χ0n) is 15.2. The van der Waals surface area contributed by atoms with Crippen LogP contribution in [-0.4, -0.2) is 12.3 Å². The Morgan fingerprint density at radius 1 is 0.667 bits per heavy atom. The van der Waals surface area contributed by atoms with Crippen LogP contribution in [0.2, 0.25) is 0 Å². The van der Waals surface area contributed by atoms with Crippen molar-refractivity contribution < 1.29 is 17.0 Å². The molecule has 0 unspecified atom stereocenters. The van der Waals surface area contributed by atoms with Gasteiger partial charge < -0.3 is 17.0 Å². The summed E-state index contributed by atoms with van der Waals surface area (Å²) in [5.74, 6) is 0. The van der Waals surface area contributed by atoms with Gasteiger partial charge in [0.25, 0.3) is 0 Å². The van der Waals surface area contributed by atoms with E-state index in [0.717, 1.165) is 12.3 Å². The molecule has 0 N–H and O–H groups in total. The second-order valence-corrected chi connectivity index (χ2v) is 10.3. The molecule has 2 rings (SSSR count). The van der Waals surface area contributed by atoms with Gasteiger partial charge in [-0.25, -0.2) is 0 Å². The molecule has 0 aliphatic carbocycles. The maximum absolute atomic E-state index is 2.42. The van der Waals surface area contributed by atoms with Crippen molar-refractivity contribution in [3.05, 3.63) is 84.0 Å². The van der Waals surface area contributed by atoms with Crippen LogP contribution in [0.15, 0.2) is 84.0 Å². The van der Waals surface area contributed by atoms with E-state index in [1.165, 1.54) is 21.8 Å². The third kappa shape index (κ3) is 5.43. The van der Waals surface area contributed by atoms with E-state index in [0.29, 0.717) is 0 Å². The summed E-state index contributed by atoms with van der Waals surface area (Å²) in [6, 6.07) is 22.2. The minimum absolute atomic E-state index is 0. The van der Waals surface area contributed by atoms with E-state index in [9.17, 15) is 0 Å². The average Bonchev–Trinajstić information content (AvgIpc) is 2.56. The molecule has 0 heterocycles. The van der Waals surface area contributed by atoms with Gasteiger partial charge in [0.15, 0.2) is 0 Å². The van der Waals surface area contributed by atoms with Crippen LogP contribution in [0.5, 0.6) is 0 Å². The Hall–Kier alpha value is -1.17. The molecule has 2 aromatic rings. The van der Waals surface area contributed by atoms with Crippen molar-refractivity contribution >= 4 is 17.9 Å². The third-order valence-electron chi connectivity index (χ3n) is 4.12. The molecular weight excluding hydrogens is 375 g/mol. The quantitative estimate of drug-likeness (QED) is 0.514. The molecular formula is C22H28BrP. The smallest absolute Gasteiger partial charge is 0.0998 e. The second-order valence-electron chi connectivity index (χ2n) is 6.57. The maximum Gasteiger partial charge on any atom is 0.0998 e. The lowest BCUT2D eigenvalue weighted by molar-refractivity contribution is -0.00000493. The molecule has 0 aliphatic rings. The lowest BCUT2D eigenvalue weighted by Gasteiger charge is -2.26. The van der Waals surface area contributed by atoms with Gasteiger partial charge in [0, 0.05) is 0 Å². The summed E-state index contributed by atoms with van der Waals surface area (Å²) in [6.45, 7) is 8.80. The molecule has 0 amide bonds. The zero-order chi connectivity index (χ0) is 16.7. The van der Waals surface area contributed by atoms with Gasteiger partial charge in [-0.15, -0.1) is 0 Å². The highest BCUT2D eigenvalue weighted by Gasteiger charge is 2.40. The Bertz CT molecular complexity index is 602. The van der Waals surface area contributed by atoms with Gasteiger partial charge in [0.1, 0.15) is 0 Å². The van der Waals surface area contributed by atoms with Crippen molar-refractivity contribution in [2.75, 3.05) is 12.3 Å². The molecule has 128 valence electrons. The first-order chi connectivity index (χ1) is 11.0. The van der Waals surface area contributed by atoms with Gasteiger partial charge in [-0.1, -0.05) is 47.5 Å². The minimum atomic E-state index is -1.46. The van der Waals surface area contributed by atoms with Crippen molar-refractivity contribution in [1.82, 2.24) is 0 Å². The molecule has 0 aliphatic heterocycles. The second kappa shape index (κ2) is 9.97. The van der Waals surface area contributed by atoms with Crippen LogP contribution in [0.1, 0.15) is 27.7 Å². The van der Waals surface area contributed by atoms with Crippen molar-refractivity contribution in [1.29, 1.82) is 0 Å². The van der Waals surface area contributed by atoms with Gasteiger partial charge in [-0.2, -0.15) is 0 Å². The molecule has 0 radical (unpaired) electrons. The molecule has 2 aromatic carbocycles. The molecule has 2 heteroatoms. The number of hydrogen-bond acceptors (Lipinski definition) is 0. The normalized spacial score (nSPS) is 10.5. The van der Waals surface area contributed by atoms with E-state index in [1.807, 2.05) is 0 Å². The van der Waals surface area contributed by atoms with Crippen LogP contribution < -0.4 is 27.6 Å². The van der Waals surface area contributed by atoms with E-state index in [2.05, 4.69) is 101 Å². The summed E-state index contributed by atoms with van der Waals surface area (Å²) in [4.78, 5) is 0. The highest BCUT2D eigenvalue weighted by atomic mass is 79.9. The summed E-state index contributed by atoms with van der Waals surface area (Å²) in [5, 5.41) is 3.00. The molecule has 0 fully saturated rings. The number of rotatable bonds is 6. The molecule has 0 aromatic heterocycles. The maximum atomic E-state index is 2.42. The van der Waals surface area contributed by atoms with Gasteiger partial charge in [0.05, 0.1) is 30.2 Å². The van der Waals surface area contributed by atoms with Crippen LogP contribution in [0.4, 0.5) is 0 Å². The lowest BCUT2D eigenvalue weighted by atomic mass is 10.3. The van der Waals surface area contributed by atoms with Crippen molar-refractivity contribution in [2.24, 2.45) is 0 Å². The van der Waals surface area contributed by atoms with Crippen molar-refractivity contribution in [3.63, 3.8) is 0 Å². The Labute approximate surface area is 158 Å². The van der Waals surface area contributed by atoms with Gasteiger partial charge in [-0.05, 0) is 64.1 Å². The fraction of sp³-hybridized carbons (Fsp3) is 0.273. The first kappa shape index (κ1) is 20.9. The summed E-state index contributed by atoms with van der Waals surface area (Å²) >= 11 is 0. The topological polar surface area (TPSA) is 0 Å². The van der Waals surface area contributed by atoms with Crippen LogP contribution in [0.3, 0.4) is 0 Å². The van der Waals surface area contributed by atoms with E-state index in [1.54, 1.807) is 0 Å². The van der Waals surface area contributed by atoms with E-state index in [-0.39, 0.29) is 17.0 Å². The SMILES string of the molecule is CC(C)=CC[P+](CC=C(C)C)(c1ccccc1)c1ccccc1.[Br-]. The Balaban J connectivity index is 0.00000288. The predicted molar refractivity (Wildman–Crippen MR) is 108 cm³/mol. The number of allylic oxidation sites excluding steroid dienone is 4. The number of benzene rings is 2.